The topological polar surface area (TPSA) is 26.5 Å². The summed E-state index contributed by atoms with van der Waals surface area (Å²) in [5, 5.41) is 4.49. The predicted octanol–water partition coefficient (Wildman–Crippen LogP) is 5.29. The van der Waals surface area contributed by atoms with Gasteiger partial charge in [-0.2, -0.15) is 0 Å². The number of hydrogen-bond donors (Lipinski definition) is 0. The maximum Gasteiger partial charge on any atom is -0.0360 e. The second-order valence-corrected chi connectivity index (χ2v) is 4.85. The molecule has 0 N–H and O–H groups in total. The lowest BCUT2D eigenvalue weighted by Crippen LogP contribution is -1.83. The molecule has 2 aromatic carbocycles. The molecule has 0 aliphatic heterocycles. The van der Waals surface area contributed by atoms with Gasteiger partial charge in [-0.1, -0.05) is 42.7 Å². The van der Waals surface area contributed by atoms with E-state index >= 15 is 0 Å². The number of benzene rings is 2. The summed E-state index contributed by atoms with van der Waals surface area (Å²) in [6.07, 6.45) is 1.66. The van der Waals surface area contributed by atoms with E-state index in [0.29, 0.717) is 0 Å². The van der Waals surface area contributed by atoms with Crippen molar-refractivity contribution in [3.05, 3.63) is 64.0 Å². The number of hydrogen-bond acceptors (Lipinski definition) is 1. The fourth-order valence-corrected chi connectivity index (χ4v) is 2.16. The number of para-hydroxylation sites is 2. The van der Waals surface area contributed by atoms with Crippen molar-refractivity contribution in [3.8, 4) is 0 Å². The second kappa shape index (κ2) is 5.70. The van der Waals surface area contributed by atoms with E-state index < -0.39 is 0 Å². The maximum atomic E-state index is 4.49. The zero-order chi connectivity index (χ0) is 13.8. The molecule has 2 rings (SSSR count). The van der Waals surface area contributed by atoms with Crippen LogP contribution < -0.4 is 0 Å². The minimum absolute atomic E-state index is 1.01. The summed E-state index contributed by atoms with van der Waals surface area (Å²) < 4.78 is 0. The summed E-state index contributed by atoms with van der Waals surface area (Å²) >= 11 is 0. The predicted molar refractivity (Wildman–Crippen MR) is 83.0 cm³/mol. The van der Waals surface area contributed by atoms with Crippen molar-refractivity contribution in [3.63, 3.8) is 0 Å². The minimum atomic E-state index is 1.01. The van der Waals surface area contributed by atoms with Gasteiger partial charge in [0.05, 0.1) is 0 Å². The van der Waals surface area contributed by atoms with Crippen LogP contribution in [0.4, 0.5) is 11.4 Å². The first-order chi connectivity index (χ1) is 9.09. The third kappa shape index (κ3) is 3.02. The van der Waals surface area contributed by atoms with E-state index in [1.807, 2.05) is 12.1 Å². The largest absolute Gasteiger partial charge is 0.443 e. The van der Waals surface area contributed by atoms with Crippen LogP contribution in [0.3, 0.4) is 0 Å². The van der Waals surface area contributed by atoms with Crippen LogP contribution in [0.15, 0.2) is 41.4 Å². The molecule has 0 aliphatic rings. The summed E-state index contributed by atoms with van der Waals surface area (Å²) in [5.41, 5.74) is 6.72. The summed E-state index contributed by atoms with van der Waals surface area (Å²) in [7, 11) is 0. The summed E-state index contributed by atoms with van der Waals surface area (Å²) in [6.45, 7) is 8.27. The normalized spacial score (nSPS) is 10.9. The van der Waals surface area contributed by atoms with Crippen LogP contribution in [-0.4, -0.2) is 6.34 Å². The van der Waals surface area contributed by atoms with Gasteiger partial charge < -0.3 is 10.3 Å². The Balaban J connectivity index is 2.21. The van der Waals surface area contributed by atoms with Crippen LogP contribution >= 0.6 is 0 Å². The summed E-state index contributed by atoms with van der Waals surface area (Å²) in [6, 6.07) is 12.4. The van der Waals surface area contributed by atoms with Crippen molar-refractivity contribution in [2.75, 3.05) is 0 Å². The standard InChI is InChI=1S/C17H19N2/c1-12-7-5-8-13(2)16(12)18-11-19-17-14(3)9-6-10-15(17)4/h5-11H,1-4H3/q-1. The first-order valence-electron chi connectivity index (χ1n) is 6.45. The van der Waals surface area contributed by atoms with Crippen LogP contribution in [0.1, 0.15) is 22.3 Å². The number of rotatable bonds is 3. The van der Waals surface area contributed by atoms with E-state index in [0.717, 1.165) is 11.4 Å². The van der Waals surface area contributed by atoms with Crippen molar-refractivity contribution in [1.82, 2.24) is 0 Å². The molecule has 98 valence electrons. The third-order valence-electron chi connectivity index (χ3n) is 3.25. The molecule has 19 heavy (non-hydrogen) atoms. The van der Waals surface area contributed by atoms with E-state index in [-0.39, 0.29) is 0 Å². The Morgan fingerprint density at radius 1 is 0.789 bits per heavy atom. The highest BCUT2D eigenvalue weighted by atomic mass is 14.9. The Labute approximate surface area is 115 Å². The van der Waals surface area contributed by atoms with E-state index in [1.54, 1.807) is 6.34 Å². The molecule has 0 saturated carbocycles. The maximum absolute atomic E-state index is 4.49. The smallest absolute Gasteiger partial charge is 0.0360 e. The Kier molecular flexibility index (Phi) is 4.00. The van der Waals surface area contributed by atoms with Crippen molar-refractivity contribution in [2.45, 2.75) is 27.7 Å². The minimum Gasteiger partial charge on any atom is -0.443 e. The fraction of sp³-hybridized carbons (Fsp3) is 0.235. The molecule has 0 saturated heterocycles. The molecule has 0 aromatic heterocycles. The monoisotopic (exact) mass is 251 g/mol. The molecule has 0 unspecified atom stereocenters. The Morgan fingerprint density at radius 3 is 1.79 bits per heavy atom. The van der Waals surface area contributed by atoms with Gasteiger partial charge in [-0.25, -0.2) is 0 Å². The van der Waals surface area contributed by atoms with Gasteiger partial charge in [-0.05, 0) is 61.3 Å². The van der Waals surface area contributed by atoms with Crippen molar-refractivity contribution < 1.29 is 0 Å². The van der Waals surface area contributed by atoms with Crippen molar-refractivity contribution in [2.24, 2.45) is 4.99 Å². The zero-order valence-corrected chi connectivity index (χ0v) is 11.9. The molecule has 0 spiro atoms. The Morgan fingerprint density at radius 2 is 1.26 bits per heavy atom. The lowest BCUT2D eigenvalue weighted by Gasteiger charge is -2.16. The average Bonchev–Trinajstić information content (AvgIpc) is 2.36. The van der Waals surface area contributed by atoms with Gasteiger partial charge in [-0.15, -0.1) is 0 Å². The number of aryl methyl sites for hydroxylation is 4. The molecule has 0 atom stereocenters. The molecular weight excluding hydrogens is 232 g/mol. The molecule has 2 heteroatoms. The fourth-order valence-electron chi connectivity index (χ4n) is 2.16. The molecule has 0 amide bonds. The molecule has 0 aliphatic carbocycles. The first kappa shape index (κ1) is 13.3. The molecule has 0 bridgehead atoms. The van der Waals surface area contributed by atoms with E-state index in [2.05, 4.69) is 62.3 Å². The molecule has 0 heterocycles. The highest BCUT2D eigenvalue weighted by molar-refractivity contribution is 5.87. The summed E-state index contributed by atoms with van der Waals surface area (Å²) in [5.74, 6) is 0. The highest BCUT2D eigenvalue weighted by Crippen LogP contribution is 2.28. The summed E-state index contributed by atoms with van der Waals surface area (Å²) in [4.78, 5) is 4.49. The lowest BCUT2D eigenvalue weighted by atomic mass is 10.1. The third-order valence-corrected chi connectivity index (χ3v) is 3.25. The van der Waals surface area contributed by atoms with Crippen LogP contribution in [0.2, 0.25) is 0 Å². The number of aliphatic imine (C=N–C) groups is 1. The molecule has 2 nitrogen and oxygen atoms in total. The van der Waals surface area contributed by atoms with Crippen LogP contribution in [0.25, 0.3) is 5.32 Å². The van der Waals surface area contributed by atoms with Crippen LogP contribution in [0, 0.1) is 27.7 Å². The van der Waals surface area contributed by atoms with Crippen molar-refractivity contribution in [1.29, 1.82) is 0 Å². The van der Waals surface area contributed by atoms with Gasteiger partial charge >= 0.3 is 0 Å². The number of nitrogens with zero attached hydrogens (tertiary/aromatic N) is 2. The van der Waals surface area contributed by atoms with Crippen LogP contribution in [-0.2, 0) is 0 Å². The zero-order valence-electron chi connectivity index (χ0n) is 11.9. The van der Waals surface area contributed by atoms with Crippen LogP contribution in [0.5, 0.6) is 0 Å². The Hall–Kier alpha value is -2.09. The average molecular weight is 251 g/mol. The van der Waals surface area contributed by atoms with E-state index in [4.69, 9.17) is 0 Å². The van der Waals surface area contributed by atoms with Gasteiger partial charge in [-0.3, -0.25) is 0 Å². The van der Waals surface area contributed by atoms with Gasteiger partial charge in [0, 0.05) is 0 Å². The SMILES string of the molecule is Cc1cccc(C)c1N=C[N-]c1c(C)cccc1C. The van der Waals surface area contributed by atoms with Gasteiger partial charge in [0.1, 0.15) is 0 Å². The molecular formula is C17H19N2-. The van der Waals surface area contributed by atoms with Gasteiger partial charge in [0.2, 0.25) is 0 Å². The van der Waals surface area contributed by atoms with E-state index in [1.165, 1.54) is 22.3 Å². The van der Waals surface area contributed by atoms with Gasteiger partial charge in [0.15, 0.2) is 0 Å². The quantitative estimate of drug-likeness (QED) is 0.523. The Bertz CT molecular complexity index is 572. The lowest BCUT2D eigenvalue weighted by molar-refractivity contribution is 1.33. The van der Waals surface area contributed by atoms with Gasteiger partial charge in [0.25, 0.3) is 0 Å². The van der Waals surface area contributed by atoms with Crippen molar-refractivity contribution >= 4 is 17.7 Å². The molecule has 0 fully saturated rings. The van der Waals surface area contributed by atoms with E-state index in [9.17, 15) is 0 Å². The molecule has 0 radical (unpaired) electrons. The highest BCUT2D eigenvalue weighted by Gasteiger charge is 1.95. The first-order valence-corrected chi connectivity index (χ1v) is 6.45. The molecule has 2 aromatic rings. The second-order valence-electron chi connectivity index (χ2n) is 4.85.